The highest BCUT2D eigenvalue weighted by atomic mass is 32.3. The van der Waals surface area contributed by atoms with E-state index in [1.807, 2.05) is 0 Å². The van der Waals surface area contributed by atoms with Crippen molar-refractivity contribution in [2.75, 3.05) is 0 Å². The molecular formula is C7H6N2O3S2. The van der Waals surface area contributed by atoms with Crippen LogP contribution < -0.4 is 0 Å². The lowest BCUT2D eigenvalue weighted by Gasteiger charge is -1.93. The van der Waals surface area contributed by atoms with E-state index < -0.39 is 10.1 Å². The predicted molar refractivity (Wildman–Crippen MR) is 51.3 cm³/mol. The minimum Gasteiger partial charge on any atom is -0.281 e. The molecule has 2 rings (SSSR count). The van der Waals surface area contributed by atoms with Gasteiger partial charge >= 0.3 is 10.1 Å². The Morgan fingerprint density at radius 2 is 2.21 bits per heavy atom. The number of hydrogen-bond donors (Lipinski definition) is 1. The van der Waals surface area contributed by atoms with E-state index >= 15 is 0 Å². The molecule has 14 heavy (non-hydrogen) atoms. The Kier molecular flexibility index (Phi) is 2.14. The summed E-state index contributed by atoms with van der Waals surface area (Å²) in [5.74, 6) is 0. The number of hydrogen-bond acceptors (Lipinski definition) is 4. The third-order valence-corrected chi connectivity index (χ3v) is 3.95. The van der Waals surface area contributed by atoms with Crippen LogP contribution in [0.3, 0.4) is 0 Å². The summed E-state index contributed by atoms with van der Waals surface area (Å²) in [6, 6.07) is 4.66. The molecule has 0 amide bonds. The van der Waals surface area contributed by atoms with Gasteiger partial charge < -0.3 is 0 Å². The van der Waals surface area contributed by atoms with E-state index in [-0.39, 0.29) is 4.21 Å². The molecule has 0 spiro atoms. The van der Waals surface area contributed by atoms with Gasteiger partial charge in [-0.2, -0.15) is 13.5 Å². The lowest BCUT2D eigenvalue weighted by molar-refractivity contribution is 0.485. The van der Waals surface area contributed by atoms with E-state index in [1.54, 1.807) is 24.5 Å². The van der Waals surface area contributed by atoms with Crippen LogP contribution in [-0.2, 0) is 10.1 Å². The number of thiophene rings is 1. The second-order valence-electron chi connectivity index (χ2n) is 2.52. The van der Waals surface area contributed by atoms with Crippen LogP contribution in [0.1, 0.15) is 0 Å². The Hall–Kier alpha value is -1.18. The summed E-state index contributed by atoms with van der Waals surface area (Å²) < 4.78 is 31.7. The molecule has 0 atom stereocenters. The van der Waals surface area contributed by atoms with E-state index in [2.05, 4.69) is 5.10 Å². The minimum atomic E-state index is -4.10. The normalized spacial score (nSPS) is 11.8. The molecule has 0 unspecified atom stereocenters. The monoisotopic (exact) mass is 230 g/mol. The molecule has 0 saturated heterocycles. The summed E-state index contributed by atoms with van der Waals surface area (Å²) in [6.07, 6.45) is 3.28. The Morgan fingerprint density at radius 3 is 2.71 bits per heavy atom. The fourth-order valence-electron chi connectivity index (χ4n) is 0.971. The van der Waals surface area contributed by atoms with E-state index in [1.165, 1.54) is 10.7 Å². The standard InChI is InChI=1S/C7H6N2O3S2/c10-14(11,12)7-3-2-6(13-7)9-5-1-4-8-9/h1-5H,(H,10,11,12). The first-order valence-corrected chi connectivity index (χ1v) is 5.90. The van der Waals surface area contributed by atoms with E-state index in [9.17, 15) is 8.42 Å². The molecule has 1 N–H and O–H groups in total. The van der Waals surface area contributed by atoms with Crippen LogP contribution in [0.4, 0.5) is 0 Å². The summed E-state index contributed by atoms with van der Waals surface area (Å²) >= 11 is 0.960. The zero-order valence-electron chi connectivity index (χ0n) is 6.86. The van der Waals surface area contributed by atoms with E-state index in [4.69, 9.17) is 4.55 Å². The first-order valence-electron chi connectivity index (χ1n) is 3.65. The lowest BCUT2D eigenvalue weighted by atomic mass is 10.6. The summed E-state index contributed by atoms with van der Waals surface area (Å²) in [6.45, 7) is 0. The van der Waals surface area contributed by atoms with Crippen molar-refractivity contribution in [3.8, 4) is 5.00 Å². The van der Waals surface area contributed by atoms with Gasteiger partial charge in [0.15, 0.2) is 0 Å². The van der Waals surface area contributed by atoms with Crippen molar-refractivity contribution in [3.63, 3.8) is 0 Å². The highest BCUT2D eigenvalue weighted by Crippen LogP contribution is 2.23. The van der Waals surface area contributed by atoms with Crippen molar-refractivity contribution in [2.45, 2.75) is 4.21 Å². The van der Waals surface area contributed by atoms with Crippen molar-refractivity contribution in [3.05, 3.63) is 30.6 Å². The summed E-state index contributed by atoms with van der Waals surface area (Å²) in [4.78, 5) is 0. The predicted octanol–water partition coefficient (Wildman–Crippen LogP) is 1.18. The zero-order chi connectivity index (χ0) is 10.2. The Balaban J connectivity index is 2.46. The van der Waals surface area contributed by atoms with Gasteiger partial charge in [-0.1, -0.05) is 0 Å². The van der Waals surface area contributed by atoms with E-state index in [0.717, 1.165) is 11.3 Å². The molecule has 0 fully saturated rings. The first kappa shape index (κ1) is 9.38. The van der Waals surface area contributed by atoms with Crippen LogP contribution in [0.5, 0.6) is 0 Å². The first-order chi connectivity index (χ1) is 6.57. The second kappa shape index (κ2) is 3.19. The van der Waals surface area contributed by atoms with Crippen LogP contribution in [0.25, 0.3) is 5.00 Å². The summed E-state index contributed by atoms with van der Waals surface area (Å²) in [5.41, 5.74) is 0. The average Bonchev–Trinajstić information content (AvgIpc) is 2.73. The third kappa shape index (κ3) is 1.69. The van der Waals surface area contributed by atoms with Crippen molar-refractivity contribution in [1.29, 1.82) is 0 Å². The molecule has 0 radical (unpaired) electrons. The van der Waals surface area contributed by atoms with Crippen LogP contribution in [0.15, 0.2) is 34.8 Å². The molecule has 0 saturated carbocycles. The Bertz CT molecular complexity index is 527. The maximum absolute atomic E-state index is 10.8. The highest BCUT2D eigenvalue weighted by molar-refractivity contribution is 7.88. The quantitative estimate of drug-likeness (QED) is 0.786. The Morgan fingerprint density at radius 1 is 1.43 bits per heavy atom. The summed E-state index contributed by atoms with van der Waals surface area (Å²) in [5, 5.41) is 4.57. The molecule has 2 aromatic heterocycles. The molecular weight excluding hydrogens is 224 g/mol. The molecule has 0 aliphatic rings. The number of nitrogens with zero attached hydrogens (tertiary/aromatic N) is 2. The molecule has 2 aromatic rings. The molecule has 74 valence electrons. The highest BCUT2D eigenvalue weighted by Gasteiger charge is 2.13. The van der Waals surface area contributed by atoms with Gasteiger partial charge in [-0.3, -0.25) is 4.55 Å². The van der Waals surface area contributed by atoms with Gasteiger partial charge in [0.25, 0.3) is 0 Å². The molecule has 0 aliphatic carbocycles. The third-order valence-electron chi connectivity index (χ3n) is 1.55. The fraction of sp³-hybridized carbons (Fsp3) is 0. The van der Waals surface area contributed by atoms with Gasteiger partial charge in [0.2, 0.25) is 0 Å². The smallest absolute Gasteiger partial charge is 0.281 e. The van der Waals surface area contributed by atoms with Crippen LogP contribution in [-0.4, -0.2) is 22.8 Å². The summed E-state index contributed by atoms with van der Waals surface area (Å²) in [7, 11) is -4.10. The SMILES string of the molecule is O=S(=O)(O)c1ccc(-n2cccn2)s1. The van der Waals surface area contributed by atoms with Crippen LogP contribution in [0.2, 0.25) is 0 Å². The van der Waals surface area contributed by atoms with Gasteiger partial charge in [0, 0.05) is 12.4 Å². The topological polar surface area (TPSA) is 72.2 Å². The average molecular weight is 230 g/mol. The lowest BCUT2D eigenvalue weighted by Crippen LogP contribution is -1.93. The molecule has 2 heterocycles. The molecule has 7 heteroatoms. The van der Waals surface area contributed by atoms with Gasteiger partial charge in [-0.15, -0.1) is 11.3 Å². The van der Waals surface area contributed by atoms with Gasteiger partial charge in [0.1, 0.15) is 9.21 Å². The molecule has 5 nitrogen and oxygen atoms in total. The largest absolute Gasteiger partial charge is 0.304 e. The van der Waals surface area contributed by atoms with Gasteiger partial charge in [0.05, 0.1) is 0 Å². The van der Waals surface area contributed by atoms with Gasteiger partial charge in [-0.25, -0.2) is 4.68 Å². The maximum Gasteiger partial charge on any atom is 0.304 e. The van der Waals surface area contributed by atoms with Crippen molar-refractivity contribution < 1.29 is 13.0 Å². The zero-order valence-corrected chi connectivity index (χ0v) is 8.49. The molecule has 0 bridgehead atoms. The fourth-order valence-corrected chi connectivity index (χ4v) is 2.57. The number of rotatable bonds is 2. The second-order valence-corrected chi connectivity index (χ2v) is 5.23. The van der Waals surface area contributed by atoms with Crippen molar-refractivity contribution in [1.82, 2.24) is 9.78 Å². The molecule has 0 aromatic carbocycles. The Labute approximate surface area is 84.4 Å². The number of aromatic nitrogens is 2. The maximum atomic E-state index is 10.8. The molecule has 0 aliphatic heterocycles. The van der Waals surface area contributed by atoms with Crippen LogP contribution in [0, 0.1) is 0 Å². The van der Waals surface area contributed by atoms with E-state index in [0.29, 0.717) is 5.00 Å². The van der Waals surface area contributed by atoms with Crippen LogP contribution >= 0.6 is 11.3 Å². The van der Waals surface area contributed by atoms with Gasteiger partial charge in [-0.05, 0) is 18.2 Å². The minimum absolute atomic E-state index is 0.0806. The van der Waals surface area contributed by atoms with Crippen molar-refractivity contribution >= 4 is 21.5 Å². The van der Waals surface area contributed by atoms with Crippen molar-refractivity contribution in [2.24, 2.45) is 0 Å².